The predicted octanol–water partition coefficient (Wildman–Crippen LogP) is 3.71. The maximum atomic E-state index is 13.0. The number of nitrogens with one attached hydrogen (secondary N) is 3. The lowest BCUT2D eigenvalue weighted by Gasteiger charge is -2.25. The van der Waals surface area contributed by atoms with Gasteiger partial charge >= 0.3 is 0 Å². The Hall–Kier alpha value is -3.91. The number of pyridine rings is 1. The van der Waals surface area contributed by atoms with Crippen molar-refractivity contribution in [1.82, 2.24) is 24.5 Å². The molecule has 0 bridgehead atoms. The first-order valence-corrected chi connectivity index (χ1v) is 11.5. The lowest BCUT2D eigenvalue weighted by atomic mass is 9.84. The first kappa shape index (κ1) is 20.7. The number of anilines is 1. The molecule has 0 spiro atoms. The molecule has 4 N–H and O–H groups in total. The van der Waals surface area contributed by atoms with Crippen LogP contribution in [0.2, 0.25) is 0 Å². The molecule has 8 nitrogen and oxygen atoms in total. The molecule has 1 fully saturated rings. The van der Waals surface area contributed by atoms with Crippen LogP contribution in [0, 0.1) is 18.3 Å². The first-order chi connectivity index (χ1) is 16.6. The zero-order valence-electron chi connectivity index (χ0n) is 18.8. The Morgan fingerprint density at radius 2 is 2.24 bits per heavy atom. The molecule has 2 aliphatic rings. The van der Waals surface area contributed by atoms with Crippen molar-refractivity contribution in [3.63, 3.8) is 0 Å². The topological polar surface area (TPSA) is 112 Å². The lowest BCUT2D eigenvalue weighted by Crippen LogP contribution is -2.27. The van der Waals surface area contributed by atoms with Crippen LogP contribution < -0.4 is 10.9 Å². The van der Waals surface area contributed by atoms with Crippen LogP contribution in [0.5, 0.6) is 0 Å². The monoisotopic (exact) mass is 454 g/mol. The summed E-state index contributed by atoms with van der Waals surface area (Å²) in [5, 5.41) is 13.8. The summed E-state index contributed by atoms with van der Waals surface area (Å²) >= 11 is 0. The van der Waals surface area contributed by atoms with E-state index >= 15 is 0 Å². The van der Waals surface area contributed by atoms with Crippen LogP contribution in [-0.4, -0.2) is 42.3 Å². The number of rotatable bonds is 6. The molecule has 6 rings (SSSR count). The van der Waals surface area contributed by atoms with Crippen LogP contribution in [0.25, 0.3) is 28.1 Å². The Bertz CT molecular complexity index is 1480. The van der Waals surface area contributed by atoms with Crippen LogP contribution in [0.4, 0.5) is 5.69 Å². The molecule has 3 heterocycles. The molecule has 3 atom stereocenters. The largest absolute Gasteiger partial charge is 0.396 e. The van der Waals surface area contributed by atoms with Gasteiger partial charge in [0.25, 0.3) is 5.56 Å². The number of H-pyrrole nitrogens is 2. The van der Waals surface area contributed by atoms with Gasteiger partial charge in [-0.05, 0) is 49.4 Å². The molecule has 1 aromatic carbocycles. The highest BCUT2D eigenvalue weighted by atomic mass is 16.3. The maximum absolute atomic E-state index is 13.0. The smallest absolute Gasteiger partial charge is 0.261 e. The Morgan fingerprint density at radius 3 is 3.00 bits per heavy atom. The molecule has 34 heavy (non-hydrogen) atoms. The normalized spacial score (nSPS) is 23.5. The third-order valence-electron chi connectivity index (χ3n) is 7.22. The van der Waals surface area contributed by atoms with Crippen molar-refractivity contribution in [2.24, 2.45) is 11.3 Å². The number of aliphatic hydroxyl groups excluding tert-OH is 1. The molecule has 0 radical (unpaired) electrons. The number of fused-ring (bicyclic) bond motifs is 1. The third kappa shape index (κ3) is 3.30. The van der Waals surface area contributed by atoms with E-state index in [4.69, 9.17) is 4.98 Å². The minimum absolute atomic E-state index is 0.0816. The van der Waals surface area contributed by atoms with Crippen LogP contribution in [0.1, 0.15) is 18.4 Å². The zero-order valence-corrected chi connectivity index (χ0v) is 18.8. The van der Waals surface area contributed by atoms with E-state index in [0.29, 0.717) is 17.1 Å². The van der Waals surface area contributed by atoms with Gasteiger partial charge in [-0.25, -0.2) is 9.97 Å². The summed E-state index contributed by atoms with van der Waals surface area (Å²) < 4.78 is 1.94. The number of aromatic nitrogens is 5. The molecule has 1 saturated carbocycles. The fraction of sp³-hybridized carbons (Fsp3) is 0.269. The van der Waals surface area contributed by atoms with Crippen molar-refractivity contribution in [3.8, 4) is 17.1 Å². The fourth-order valence-electron chi connectivity index (χ4n) is 5.20. The number of aryl methyl sites for hydroxylation is 1. The highest BCUT2D eigenvalue weighted by molar-refractivity contribution is 5.86. The fourth-order valence-corrected chi connectivity index (χ4v) is 5.20. The summed E-state index contributed by atoms with van der Waals surface area (Å²) in [7, 11) is 0. The quantitative estimate of drug-likeness (QED) is 0.355. The summed E-state index contributed by atoms with van der Waals surface area (Å²) in [6, 6.07) is 6.00. The minimum atomic E-state index is -0.217. The number of hydrogen-bond donors (Lipinski definition) is 4. The molecule has 172 valence electrons. The molecular formula is C26H26N6O2. The average Bonchev–Trinajstić information content (AvgIpc) is 3.19. The van der Waals surface area contributed by atoms with E-state index in [0.717, 1.165) is 35.1 Å². The van der Waals surface area contributed by atoms with Gasteiger partial charge in [-0.1, -0.05) is 24.3 Å². The standard InChI is InChI=1S/C26H26N6O2/c1-16-11-18(32-10-9-27-15-32)12-20-23(16)31-24(30-20)22-19(7-8-28-25(22)34)29-21-13-26(21,14-33)17-5-3-2-4-6-17/h2-5,7-12,15,17,21,33H,6,13-14H2,1H3,(H,30,31)(H2,28,29,34)/t17?,21?,26-/m0/s1. The number of benzene rings is 1. The summed E-state index contributed by atoms with van der Waals surface area (Å²) in [5.41, 5.74) is 4.40. The van der Waals surface area contributed by atoms with Crippen molar-refractivity contribution < 1.29 is 5.11 Å². The molecule has 0 saturated heterocycles. The van der Waals surface area contributed by atoms with E-state index in [-0.39, 0.29) is 29.5 Å². The number of nitrogens with zero attached hydrogens (tertiary/aromatic N) is 3. The van der Waals surface area contributed by atoms with Crippen molar-refractivity contribution >= 4 is 16.7 Å². The van der Waals surface area contributed by atoms with Gasteiger partial charge in [0.1, 0.15) is 11.4 Å². The van der Waals surface area contributed by atoms with Gasteiger partial charge in [0.05, 0.1) is 29.7 Å². The maximum Gasteiger partial charge on any atom is 0.261 e. The van der Waals surface area contributed by atoms with Gasteiger partial charge in [0.15, 0.2) is 0 Å². The van der Waals surface area contributed by atoms with Gasteiger partial charge in [0.2, 0.25) is 0 Å². The van der Waals surface area contributed by atoms with E-state index in [9.17, 15) is 9.90 Å². The Morgan fingerprint density at radius 1 is 1.32 bits per heavy atom. The number of aromatic amines is 2. The van der Waals surface area contributed by atoms with Crippen molar-refractivity contribution in [2.45, 2.75) is 25.8 Å². The van der Waals surface area contributed by atoms with E-state index < -0.39 is 0 Å². The lowest BCUT2D eigenvalue weighted by molar-refractivity contribution is 0.172. The third-order valence-corrected chi connectivity index (χ3v) is 7.22. The zero-order chi connectivity index (χ0) is 23.3. The number of hydrogen-bond acceptors (Lipinski definition) is 5. The summed E-state index contributed by atoms with van der Waals surface area (Å²) in [6.45, 7) is 2.11. The van der Waals surface area contributed by atoms with E-state index in [1.54, 1.807) is 18.7 Å². The summed E-state index contributed by atoms with van der Waals surface area (Å²) in [5.74, 6) is 0.793. The number of aliphatic hydroxyl groups is 1. The van der Waals surface area contributed by atoms with Crippen LogP contribution in [-0.2, 0) is 0 Å². The number of allylic oxidation sites excluding steroid dienone is 4. The van der Waals surface area contributed by atoms with Crippen LogP contribution in [0.15, 0.2) is 72.2 Å². The second-order valence-electron chi connectivity index (χ2n) is 9.26. The number of imidazole rings is 2. The Balaban J connectivity index is 1.36. The van der Waals surface area contributed by atoms with E-state index in [1.165, 1.54) is 0 Å². The molecule has 8 heteroatoms. The molecule has 0 aliphatic heterocycles. The second kappa shape index (κ2) is 7.85. The van der Waals surface area contributed by atoms with Gasteiger partial charge in [-0.2, -0.15) is 0 Å². The Labute approximate surface area is 196 Å². The molecule has 4 aromatic rings. The molecule has 2 unspecified atom stereocenters. The molecule has 2 aliphatic carbocycles. The van der Waals surface area contributed by atoms with Gasteiger partial charge < -0.3 is 25.0 Å². The summed E-state index contributed by atoms with van der Waals surface area (Å²) in [6.07, 6.45) is 17.2. The Kier molecular flexibility index (Phi) is 4.77. The van der Waals surface area contributed by atoms with E-state index in [1.807, 2.05) is 42.0 Å². The molecular weight excluding hydrogens is 428 g/mol. The minimum Gasteiger partial charge on any atom is -0.396 e. The predicted molar refractivity (Wildman–Crippen MR) is 132 cm³/mol. The first-order valence-electron chi connectivity index (χ1n) is 11.5. The van der Waals surface area contributed by atoms with Crippen molar-refractivity contribution in [2.75, 3.05) is 11.9 Å². The summed E-state index contributed by atoms with van der Waals surface area (Å²) in [4.78, 5) is 28.0. The van der Waals surface area contributed by atoms with E-state index in [2.05, 4.69) is 38.5 Å². The highest BCUT2D eigenvalue weighted by Gasteiger charge is 2.57. The highest BCUT2D eigenvalue weighted by Crippen LogP contribution is 2.55. The molecule has 3 aromatic heterocycles. The van der Waals surface area contributed by atoms with Gasteiger partial charge in [-0.15, -0.1) is 0 Å². The van der Waals surface area contributed by atoms with Crippen molar-refractivity contribution in [3.05, 3.63) is 83.3 Å². The SMILES string of the molecule is Cc1cc(-n2ccnc2)cc2[nH]c(-c3c(NC4C[C@]4(CO)C4C=CC=CC4)cc[nH]c3=O)nc12. The van der Waals surface area contributed by atoms with Gasteiger partial charge in [0, 0.05) is 35.7 Å². The molecule has 0 amide bonds. The van der Waals surface area contributed by atoms with Gasteiger partial charge in [-0.3, -0.25) is 4.79 Å². The second-order valence-corrected chi connectivity index (χ2v) is 9.26. The van der Waals surface area contributed by atoms with Crippen molar-refractivity contribution in [1.29, 1.82) is 0 Å². The van der Waals surface area contributed by atoms with Crippen LogP contribution >= 0.6 is 0 Å². The van der Waals surface area contributed by atoms with Crippen LogP contribution in [0.3, 0.4) is 0 Å². The average molecular weight is 455 g/mol.